The van der Waals surface area contributed by atoms with E-state index in [2.05, 4.69) is 5.32 Å². The summed E-state index contributed by atoms with van der Waals surface area (Å²) in [7, 11) is 0. The topological polar surface area (TPSA) is 64.6 Å². The zero-order chi connectivity index (χ0) is 18.5. The van der Waals surface area contributed by atoms with Crippen molar-refractivity contribution in [1.29, 1.82) is 0 Å². The van der Waals surface area contributed by atoms with Crippen LogP contribution in [0.15, 0.2) is 22.5 Å². The maximum atomic E-state index is 12.6. The number of allylic oxidation sites excluding steroid dienone is 2. The van der Waals surface area contributed by atoms with Gasteiger partial charge in [-0.15, -0.1) is 0 Å². The van der Waals surface area contributed by atoms with Crippen molar-refractivity contribution < 1.29 is 19.1 Å². The molecule has 1 heterocycles. The van der Waals surface area contributed by atoms with Gasteiger partial charge >= 0.3 is 11.9 Å². The van der Waals surface area contributed by atoms with Gasteiger partial charge in [0.2, 0.25) is 0 Å². The van der Waals surface area contributed by atoms with E-state index in [1.807, 2.05) is 13.8 Å². The molecule has 5 nitrogen and oxygen atoms in total. The number of carbonyl (C=O) groups excluding carboxylic acids is 2. The normalized spacial score (nSPS) is 21.9. The van der Waals surface area contributed by atoms with Crippen LogP contribution in [0.1, 0.15) is 71.6 Å². The lowest BCUT2D eigenvalue weighted by molar-refractivity contribution is -0.139. The number of esters is 2. The van der Waals surface area contributed by atoms with Gasteiger partial charge in [-0.05, 0) is 51.4 Å². The first-order chi connectivity index (χ1) is 12.7. The van der Waals surface area contributed by atoms with Crippen molar-refractivity contribution >= 4 is 11.9 Å². The zero-order valence-corrected chi connectivity index (χ0v) is 16.1. The van der Waals surface area contributed by atoms with Crippen LogP contribution in [-0.4, -0.2) is 25.2 Å². The van der Waals surface area contributed by atoms with E-state index in [1.54, 1.807) is 0 Å². The van der Waals surface area contributed by atoms with Crippen LogP contribution in [0.25, 0.3) is 0 Å². The molecule has 0 radical (unpaired) electrons. The van der Waals surface area contributed by atoms with Crippen LogP contribution in [-0.2, 0) is 19.1 Å². The van der Waals surface area contributed by atoms with Crippen LogP contribution in [0, 0.1) is 11.8 Å². The molecule has 0 aromatic heterocycles. The van der Waals surface area contributed by atoms with E-state index < -0.39 is 0 Å². The minimum absolute atomic E-state index is 0.297. The van der Waals surface area contributed by atoms with Gasteiger partial charge in [-0.3, -0.25) is 0 Å². The molecule has 0 aromatic rings. The Kier molecular flexibility index (Phi) is 6.38. The van der Waals surface area contributed by atoms with Crippen LogP contribution in [0.5, 0.6) is 0 Å². The number of hydrogen-bond donors (Lipinski definition) is 1. The van der Waals surface area contributed by atoms with E-state index in [0.717, 1.165) is 37.1 Å². The number of hydrogen-bond acceptors (Lipinski definition) is 5. The van der Waals surface area contributed by atoms with Crippen LogP contribution >= 0.6 is 0 Å². The first-order valence-corrected chi connectivity index (χ1v) is 10.2. The summed E-state index contributed by atoms with van der Waals surface area (Å²) in [5.41, 5.74) is 3.28. The van der Waals surface area contributed by atoms with E-state index in [-0.39, 0.29) is 11.9 Å². The zero-order valence-electron chi connectivity index (χ0n) is 16.1. The summed E-state index contributed by atoms with van der Waals surface area (Å²) in [5.74, 6) is 0.146. The van der Waals surface area contributed by atoms with Crippen molar-refractivity contribution in [2.45, 2.75) is 71.6 Å². The Balaban J connectivity index is 1.95. The van der Waals surface area contributed by atoms with Crippen LogP contribution in [0.2, 0.25) is 0 Å². The summed E-state index contributed by atoms with van der Waals surface area (Å²) in [6.45, 7) is 4.31. The number of rotatable bonds is 6. The summed E-state index contributed by atoms with van der Waals surface area (Å²) in [5, 5.41) is 3.57. The third-order valence-corrected chi connectivity index (χ3v) is 5.84. The Labute approximate surface area is 156 Å². The molecule has 0 spiro atoms. The SMILES string of the molecule is CCOC(=O)C1=C(C2CCCC2)NC(C2CCCC2)=C(C(=O)OCC)C1. The average molecular weight is 361 g/mol. The molecule has 26 heavy (non-hydrogen) atoms. The summed E-state index contributed by atoms with van der Waals surface area (Å²) in [6, 6.07) is 0. The van der Waals surface area contributed by atoms with Gasteiger partial charge in [0.25, 0.3) is 0 Å². The summed E-state index contributed by atoms with van der Waals surface area (Å²) in [6.07, 6.45) is 9.49. The highest BCUT2D eigenvalue weighted by Gasteiger charge is 2.36. The van der Waals surface area contributed by atoms with Gasteiger partial charge in [0, 0.05) is 17.8 Å². The molecule has 0 aromatic carbocycles. The van der Waals surface area contributed by atoms with Crippen molar-refractivity contribution in [3.8, 4) is 0 Å². The Bertz CT molecular complexity index is 556. The van der Waals surface area contributed by atoms with E-state index in [4.69, 9.17) is 9.47 Å². The molecule has 0 bridgehead atoms. The fourth-order valence-corrected chi connectivity index (χ4v) is 4.59. The van der Waals surface area contributed by atoms with Crippen LogP contribution in [0.3, 0.4) is 0 Å². The monoisotopic (exact) mass is 361 g/mol. The number of dihydropyridines is 1. The highest BCUT2D eigenvalue weighted by molar-refractivity contribution is 5.96. The fourth-order valence-electron chi connectivity index (χ4n) is 4.59. The van der Waals surface area contributed by atoms with Gasteiger partial charge in [-0.25, -0.2) is 9.59 Å². The molecule has 3 aliphatic rings. The number of carbonyl (C=O) groups is 2. The fraction of sp³-hybridized carbons (Fsp3) is 0.714. The maximum Gasteiger partial charge on any atom is 0.336 e. The molecular formula is C21H31NO4. The van der Waals surface area contributed by atoms with Gasteiger partial charge in [0.05, 0.1) is 24.4 Å². The Morgan fingerprint density at radius 2 is 1.19 bits per heavy atom. The second-order valence-corrected chi connectivity index (χ2v) is 7.49. The predicted molar refractivity (Wildman–Crippen MR) is 99.0 cm³/mol. The lowest BCUT2D eigenvalue weighted by Gasteiger charge is -2.31. The maximum absolute atomic E-state index is 12.6. The van der Waals surface area contributed by atoms with E-state index in [0.29, 0.717) is 42.6 Å². The van der Waals surface area contributed by atoms with Gasteiger partial charge in [0.15, 0.2) is 0 Å². The molecule has 144 valence electrons. The van der Waals surface area contributed by atoms with Crippen LogP contribution < -0.4 is 5.32 Å². The molecule has 5 heteroatoms. The Morgan fingerprint density at radius 3 is 1.54 bits per heavy atom. The highest BCUT2D eigenvalue weighted by Crippen LogP contribution is 2.41. The van der Waals surface area contributed by atoms with Crippen LogP contribution in [0.4, 0.5) is 0 Å². The standard InChI is InChI=1S/C21H31NO4/c1-3-25-20(23)16-13-17(21(24)26-4-2)19(15-11-7-8-12-15)22-18(16)14-9-5-6-10-14/h14-15,22H,3-13H2,1-2H3. The summed E-state index contributed by atoms with van der Waals surface area (Å²) < 4.78 is 10.6. The minimum Gasteiger partial charge on any atom is -0.463 e. The van der Waals surface area contributed by atoms with E-state index in [9.17, 15) is 9.59 Å². The summed E-state index contributed by atoms with van der Waals surface area (Å²) in [4.78, 5) is 25.2. The average Bonchev–Trinajstić information content (AvgIpc) is 3.35. The molecule has 0 saturated heterocycles. The van der Waals surface area contributed by atoms with E-state index >= 15 is 0 Å². The van der Waals surface area contributed by atoms with Gasteiger partial charge in [-0.1, -0.05) is 25.7 Å². The molecule has 1 N–H and O–H groups in total. The molecule has 2 saturated carbocycles. The summed E-state index contributed by atoms with van der Waals surface area (Å²) >= 11 is 0. The van der Waals surface area contributed by atoms with Crippen molar-refractivity contribution in [2.75, 3.05) is 13.2 Å². The van der Waals surface area contributed by atoms with Crippen molar-refractivity contribution in [2.24, 2.45) is 11.8 Å². The number of ether oxygens (including phenoxy) is 2. The Hall–Kier alpha value is -1.78. The molecular weight excluding hydrogens is 330 g/mol. The first-order valence-electron chi connectivity index (χ1n) is 10.2. The van der Waals surface area contributed by atoms with Crippen molar-refractivity contribution in [1.82, 2.24) is 5.32 Å². The van der Waals surface area contributed by atoms with Crippen molar-refractivity contribution in [3.05, 3.63) is 22.5 Å². The second-order valence-electron chi connectivity index (χ2n) is 7.49. The largest absolute Gasteiger partial charge is 0.463 e. The van der Waals surface area contributed by atoms with Gasteiger partial charge < -0.3 is 14.8 Å². The second kappa shape index (κ2) is 8.74. The molecule has 2 fully saturated rings. The van der Waals surface area contributed by atoms with E-state index in [1.165, 1.54) is 25.7 Å². The highest BCUT2D eigenvalue weighted by atomic mass is 16.5. The third-order valence-electron chi connectivity index (χ3n) is 5.84. The quantitative estimate of drug-likeness (QED) is 0.725. The first kappa shape index (κ1) is 19.0. The Morgan fingerprint density at radius 1 is 0.808 bits per heavy atom. The van der Waals surface area contributed by atoms with Crippen molar-refractivity contribution in [3.63, 3.8) is 0 Å². The third kappa shape index (κ3) is 3.97. The molecule has 0 amide bonds. The molecule has 2 aliphatic carbocycles. The predicted octanol–water partition coefficient (Wildman–Crippen LogP) is 3.99. The number of nitrogens with one attached hydrogen (secondary N) is 1. The molecule has 0 atom stereocenters. The lowest BCUT2D eigenvalue weighted by atomic mass is 9.86. The molecule has 1 aliphatic heterocycles. The minimum atomic E-state index is -0.297. The molecule has 0 unspecified atom stereocenters. The van der Waals surface area contributed by atoms with Gasteiger partial charge in [0.1, 0.15) is 0 Å². The molecule has 3 rings (SSSR count). The lowest BCUT2D eigenvalue weighted by Crippen LogP contribution is -2.34. The smallest absolute Gasteiger partial charge is 0.336 e. The van der Waals surface area contributed by atoms with Gasteiger partial charge in [-0.2, -0.15) is 0 Å².